The van der Waals surface area contributed by atoms with Crippen molar-refractivity contribution in [3.63, 3.8) is 0 Å². The Hall–Kier alpha value is -1.68. The summed E-state index contributed by atoms with van der Waals surface area (Å²) in [6.45, 7) is 3.74. The molecule has 1 aromatic heterocycles. The van der Waals surface area contributed by atoms with E-state index >= 15 is 0 Å². The van der Waals surface area contributed by atoms with Crippen molar-refractivity contribution in [1.29, 1.82) is 0 Å². The maximum atomic E-state index is 6.08. The van der Waals surface area contributed by atoms with Crippen LogP contribution in [0.4, 0.5) is 0 Å². The Kier molecular flexibility index (Phi) is 3.24. The Bertz CT molecular complexity index is 557. The van der Waals surface area contributed by atoms with E-state index in [0.717, 1.165) is 11.1 Å². The molecule has 5 heteroatoms. The van der Waals surface area contributed by atoms with Gasteiger partial charge in [-0.1, -0.05) is 23.2 Å². The molecule has 1 aromatic carbocycles. The summed E-state index contributed by atoms with van der Waals surface area (Å²) in [6, 6.07) is 5.79. The van der Waals surface area contributed by atoms with Gasteiger partial charge in [-0.2, -0.15) is 0 Å². The number of hydrogen-bond acceptors (Lipinski definition) is 4. The molecule has 0 amide bonds. The van der Waals surface area contributed by atoms with Gasteiger partial charge < -0.3 is 4.74 Å². The molecule has 0 N–H and O–H groups in total. The van der Waals surface area contributed by atoms with Gasteiger partial charge in [-0.3, -0.25) is 0 Å². The number of aromatic nitrogens is 3. The van der Waals surface area contributed by atoms with Crippen LogP contribution < -0.4 is 4.74 Å². The molecule has 17 heavy (non-hydrogen) atoms. The Labute approximate surface area is 105 Å². The molecule has 0 radical (unpaired) electrons. The topological polar surface area (TPSA) is 47.9 Å². The van der Waals surface area contributed by atoms with Crippen LogP contribution in [0, 0.1) is 13.8 Å². The summed E-state index contributed by atoms with van der Waals surface area (Å²) in [6.07, 6.45) is 0. The molecular formula is C12H12ClN3O. The van der Waals surface area contributed by atoms with Gasteiger partial charge in [-0.25, -0.2) is 4.98 Å². The van der Waals surface area contributed by atoms with Crippen molar-refractivity contribution in [1.82, 2.24) is 15.2 Å². The molecule has 0 bridgehead atoms. The third-order valence-electron chi connectivity index (χ3n) is 2.36. The molecular weight excluding hydrogens is 238 g/mol. The fourth-order valence-corrected chi connectivity index (χ4v) is 1.81. The number of nitrogens with zero attached hydrogens (tertiary/aromatic N) is 3. The van der Waals surface area contributed by atoms with E-state index in [0.29, 0.717) is 22.4 Å². The van der Waals surface area contributed by atoms with Gasteiger partial charge in [0.2, 0.25) is 0 Å². The van der Waals surface area contributed by atoms with Crippen LogP contribution in [-0.2, 0) is 0 Å². The summed E-state index contributed by atoms with van der Waals surface area (Å²) in [5.74, 6) is 1.25. The zero-order valence-corrected chi connectivity index (χ0v) is 10.6. The largest absolute Gasteiger partial charge is 0.496 e. The lowest BCUT2D eigenvalue weighted by molar-refractivity contribution is 0.416. The molecule has 0 aliphatic carbocycles. The third-order valence-corrected chi connectivity index (χ3v) is 2.62. The number of hydrogen-bond donors (Lipinski definition) is 0. The maximum Gasteiger partial charge on any atom is 0.159 e. The smallest absolute Gasteiger partial charge is 0.159 e. The van der Waals surface area contributed by atoms with Crippen LogP contribution in [0.25, 0.3) is 11.3 Å². The van der Waals surface area contributed by atoms with Gasteiger partial charge in [0.05, 0.1) is 7.11 Å². The predicted molar refractivity (Wildman–Crippen MR) is 66.3 cm³/mol. The molecule has 0 unspecified atom stereocenters. The van der Waals surface area contributed by atoms with Crippen molar-refractivity contribution < 1.29 is 4.74 Å². The van der Waals surface area contributed by atoms with Crippen molar-refractivity contribution in [2.24, 2.45) is 0 Å². The van der Waals surface area contributed by atoms with Crippen molar-refractivity contribution >= 4 is 11.6 Å². The molecule has 0 saturated carbocycles. The summed E-state index contributed by atoms with van der Waals surface area (Å²) in [4.78, 5) is 4.09. The van der Waals surface area contributed by atoms with Crippen LogP contribution in [-0.4, -0.2) is 22.3 Å². The summed E-state index contributed by atoms with van der Waals surface area (Å²) in [7, 11) is 1.61. The SMILES string of the molecule is COc1ccc(C)cc1-c1nnc(C)nc1Cl. The van der Waals surface area contributed by atoms with Gasteiger partial charge in [0.1, 0.15) is 17.3 Å². The Morgan fingerprint density at radius 1 is 1.18 bits per heavy atom. The zero-order valence-electron chi connectivity index (χ0n) is 9.86. The average Bonchev–Trinajstić information content (AvgIpc) is 2.29. The first-order valence-electron chi connectivity index (χ1n) is 5.13. The van der Waals surface area contributed by atoms with E-state index in [1.165, 1.54) is 0 Å². The second-order valence-corrected chi connectivity index (χ2v) is 4.06. The number of halogens is 1. The number of rotatable bonds is 2. The van der Waals surface area contributed by atoms with Crippen LogP contribution in [0.1, 0.15) is 11.4 Å². The highest BCUT2D eigenvalue weighted by molar-refractivity contribution is 6.31. The van der Waals surface area contributed by atoms with E-state index in [1.807, 2.05) is 25.1 Å². The summed E-state index contributed by atoms with van der Waals surface area (Å²) in [5, 5.41) is 8.33. The number of methoxy groups -OCH3 is 1. The molecule has 0 saturated heterocycles. The minimum absolute atomic E-state index is 0.335. The highest BCUT2D eigenvalue weighted by Gasteiger charge is 2.13. The molecule has 1 heterocycles. The Morgan fingerprint density at radius 3 is 2.59 bits per heavy atom. The van der Waals surface area contributed by atoms with E-state index < -0.39 is 0 Å². The Balaban J connectivity index is 2.62. The maximum absolute atomic E-state index is 6.08. The van der Waals surface area contributed by atoms with E-state index in [-0.39, 0.29) is 0 Å². The molecule has 0 fully saturated rings. The molecule has 0 aliphatic rings. The summed E-state index contributed by atoms with van der Waals surface area (Å²) >= 11 is 6.08. The van der Waals surface area contributed by atoms with Gasteiger partial charge in [-0.15, -0.1) is 10.2 Å². The van der Waals surface area contributed by atoms with Crippen molar-refractivity contribution in [3.05, 3.63) is 34.7 Å². The molecule has 2 aromatic rings. The van der Waals surface area contributed by atoms with E-state index in [2.05, 4.69) is 15.2 Å². The normalized spacial score (nSPS) is 10.4. The first-order chi connectivity index (χ1) is 8.11. The van der Waals surface area contributed by atoms with E-state index in [4.69, 9.17) is 16.3 Å². The van der Waals surface area contributed by atoms with Crippen molar-refractivity contribution in [2.45, 2.75) is 13.8 Å². The van der Waals surface area contributed by atoms with Crippen LogP contribution in [0.15, 0.2) is 18.2 Å². The number of benzene rings is 1. The minimum atomic E-state index is 0.335. The predicted octanol–water partition coefficient (Wildman–Crippen LogP) is 2.82. The van der Waals surface area contributed by atoms with Crippen LogP contribution in [0.5, 0.6) is 5.75 Å². The summed E-state index contributed by atoms with van der Waals surface area (Å²) < 4.78 is 5.29. The molecule has 4 nitrogen and oxygen atoms in total. The molecule has 0 atom stereocenters. The Morgan fingerprint density at radius 2 is 1.94 bits per heavy atom. The van der Waals surface area contributed by atoms with Gasteiger partial charge in [0, 0.05) is 5.56 Å². The fourth-order valence-electron chi connectivity index (χ4n) is 1.55. The lowest BCUT2D eigenvalue weighted by atomic mass is 10.1. The minimum Gasteiger partial charge on any atom is -0.496 e. The highest BCUT2D eigenvalue weighted by Crippen LogP contribution is 2.32. The third kappa shape index (κ3) is 2.36. The first kappa shape index (κ1) is 11.8. The van der Waals surface area contributed by atoms with Crippen molar-refractivity contribution in [2.75, 3.05) is 7.11 Å². The van der Waals surface area contributed by atoms with Crippen LogP contribution in [0.3, 0.4) is 0 Å². The fraction of sp³-hybridized carbons (Fsp3) is 0.250. The van der Waals surface area contributed by atoms with Gasteiger partial charge in [0.15, 0.2) is 5.15 Å². The zero-order chi connectivity index (χ0) is 12.4. The van der Waals surface area contributed by atoms with Gasteiger partial charge in [-0.05, 0) is 26.0 Å². The first-order valence-corrected chi connectivity index (χ1v) is 5.51. The number of aryl methyl sites for hydroxylation is 2. The lowest BCUT2D eigenvalue weighted by Gasteiger charge is -2.09. The number of ether oxygens (including phenoxy) is 1. The average molecular weight is 250 g/mol. The standard InChI is InChI=1S/C12H12ClN3O/c1-7-4-5-10(17-3)9(6-7)11-12(13)14-8(2)15-16-11/h4-6H,1-3H3. The quantitative estimate of drug-likeness (QED) is 0.821. The van der Waals surface area contributed by atoms with Crippen molar-refractivity contribution in [3.8, 4) is 17.0 Å². The van der Waals surface area contributed by atoms with Crippen LogP contribution >= 0.6 is 11.6 Å². The summed E-state index contributed by atoms with van der Waals surface area (Å²) in [5.41, 5.74) is 2.44. The van der Waals surface area contributed by atoms with Gasteiger partial charge in [0.25, 0.3) is 0 Å². The lowest BCUT2D eigenvalue weighted by Crippen LogP contribution is -1.98. The molecule has 88 valence electrons. The molecule has 0 spiro atoms. The second kappa shape index (κ2) is 4.67. The van der Waals surface area contributed by atoms with Crippen LogP contribution in [0.2, 0.25) is 5.15 Å². The monoisotopic (exact) mass is 249 g/mol. The van der Waals surface area contributed by atoms with Gasteiger partial charge >= 0.3 is 0 Å². The highest BCUT2D eigenvalue weighted by atomic mass is 35.5. The molecule has 0 aliphatic heterocycles. The second-order valence-electron chi connectivity index (χ2n) is 3.70. The molecule has 2 rings (SSSR count). The van der Waals surface area contributed by atoms with E-state index in [9.17, 15) is 0 Å². The van der Waals surface area contributed by atoms with E-state index in [1.54, 1.807) is 14.0 Å².